The molecular formula is C19H26N2O3. The predicted molar refractivity (Wildman–Crippen MR) is 87.4 cm³/mol. The average molecular weight is 330 g/mol. The van der Waals surface area contributed by atoms with E-state index in [9.17, 15) is 4.79 Å². The minimum Gasteiger partial charge on any atom is -0.445 e. The third kappa shape index (κ3) is 2.24. The zero-order chi connectivity index (χ0) is 16.3. The summed E-state index contributed by atoms with van der Waals surface area (Å²) in [5.74, 6) is 3.87. The molecule has 0 spiro atoms. The average Bonchev–Trinajstić information content (AvgIpc) is 3.24. The van der Waals surface area contributed by atoms with E-state index in [4.69, 9.17) is 9.15 Å². The van der Waals surface area contributed by atoms with Crippen molar-refractivity contribution in [3.63, 3.8) is 0 Å². The number of hydrogen-bond donors (Lipinski definition) is 0. The number of oxazole rings is 1. The Balaban J connectivity index is 1.38. The van der Waals surface area contributed by atoms with Crippen molar-refractivity contribution in [3.05, 3.63) is 17.8 Å². The van der Waals surface area contributed by atoms with E-state index in [-0.39, 0.29) is 12.0 Å². The first kappa shape index (κ1) is 14.9. The summed E-state index contributed by atoms with van der Waals surface area (Å²) in [6.45, 7) is 0.740. The van der Waals surface area contributed by atoms with E-state index in [1.807, 2.05) is 11.9 Å². The van der Waals surface area contributed by atoms with Crippen LogP contribution in [-0.2, 0) is 4.74 Å². The maximum absolute atomic E-state index is 13.2. The summed E-state index contributed by atoms with van der Waals surface area (Å²) < 4.78 is 11.2. The monoisotopic (exact) mass is 330 g/mol. The largest absolute Gasteiger partial charge is 0.445 e. The first-order valence-corrected chi connectivity index (χ1v) is 9.53. The van der Waals surface area contributed by atoms with E-state index in [0.29, 0.717) is 29.3 Å². The molecule has 0 radical (unpaired) electrons. The van der Waals surface area contributed by atoms with Gasteiger partial charge in [0.2, 0.25) is 0 Å². The van der Waals surface area contributed by atoms with Crippen LogP contribution < -0.4 is 0 Å². The highest BCUT2D eigenvalue weighted by molar-refractivity contribution is 5.93. The maximum atomic E-state index is 13.2. The van der Waals surface area contributed by atoms with Crippen molar-refractivity contribution in [1.29, 1.82) is 0 Å². The number of aromatic nitrogens is 1. The summed E-state index contributed by atoms with van der Waals surface area (Å²) in [7, 11) is 1.98. The molecule has 6 rings (SSSR count). The predicted octanol–water partition coefficient (Wildman–Crippen LogP) is 3.42. The molecule has 5 aliphatic rings. The van der Waals surface area contributed by atoms with Gasteiger partial charge in [-0.1, -0.05) is 0 Å². The Labute approximate surface area is 142 Å². The molecule has 24 heavy (non-hydrogen) atoms. The van der Waals surface area contributed by atoms with Crippen LogP contribution in [0.4, 0.5) is 0 Å². The van der Waals surface area contributed by atoms with Gasteiger partial charge in [0, 0.05) is 19.7 Å². The number of carbonyl (C=O) groups is 1. The summed E-state index contributed by atoms with van der Waals surface area (Å²) in [4.78, 5) is 19.4. The van der Waals surface area contributed by atoms with Crippen LogP contribution in [0.5, 0.6) is 0 Å². The van der Waals surface area contributed by atoms with Crippen molar-refractivity contribution >= 4 is 5.91 Å². The van der Waals surface area contributed by atoms with Crippen LogP contribution in [0.3, 0.4) is 0 Å². The highest BCUT2D eigenvalue weighted by Crippen LogP contribution is 2.55. The summed E-state index contributed by atoms with van der Waals surface area (Å²) in [6, 6.07) is 0.388. The van der Waals surface area contributed by atoms with Crippen LogP contribution >= 0.6 is 0 Å². The topological polar surface area (TPSA) is 55.6 Å². The minimum atomic E-state index is -0.0988. The fourth-order valence-corrected chi connectivity index (χ4v) is 6.26. The second-order valence-corrected chi connectivity index (χ2v) is 8.40. The van der Waals surface area contributed by atoms with Gasteiger partial charge in [0.15, 0.2) is 17.8 Å². The van der Waals surface area contributed by atoms with Gasteiger partial charge in [0.1, 0.15) is 6.10 Å². The number of rotatable bonds is 3. The van der Waals surface area contributed by atoms with E-state index in [2.05, 4.69) is 4.98 Å². The van der Waals surface area contributed by atoms with Crippen LogP contribution in [-0.4, -0.2) is 35.5 Å². The normalized spacial score (nSPS) is 40.2. The van der Waals surface area contributed by atoms with Crippen LogP contribution in [0.2, 0.25) is 0 Å². The van der Waals surface area contributed by atoms with Crippen LogP contribution in [0.25, 0.3) is 0 Å². The molecule has 5 fully saturated rings. The molecule has 1 aromatic rings. The van der Waals surface area contributed by atoms with Gasteiger partial charge in [-0.05, 0) is 68.6 Å². The van der Waals surface area contributed by atoms with Gasteiger partial charge in [-0.15, -0.1) is 0 Å². The molecule has 1 amide bonds. The lowest BCUT2D eigenvalue weighted by Gasteiger charge is -2.56. The summed E-state index contributed by atoms with van der Waals surface area (Å²) in [5.41, 5.74) is 0.471. The van der Waals surface area contributed by atoms with Gasteiger partial charge in [0.25, 0.3) is 5.91 Å². The third-order valence-corrected chi connectivity index (χ3v) is 6.96. The zero-order valence-electron chi connectivity index (χ0n) is 14.3. The van der Waals surface area contributed by atoms with E-state index < -0.39 is 0 Å². The SMILES string of the molecule is CN(C(=O)c1ncoc1[C@@H]1CCCO1)C1C2CC3CC(C2)CC1C3. The first-order valence-electron chi connectivity index (χ1n) is 9.53. The number of hydrogen-bond acceptors (Lipinski definition) is 4. The second kappa shape index (κ2) is 5.58. The van der Waals surface area contributed by atoms with Gasteiger partial charge in [-0.3, -0.25) is 4.79 Å². The Bertz CT molecular complexity index is 606. The van der Waals surface area contributed by atoms with E-state index in [1.165, 1.54) is 38.5 Å². The van der Waals surface area contributed by atoms with Gasteiger partial charge in [-0.25, -0.2) is 4.98 Å². The number of nitrogens with zero attached hydrogens (tertiary/aromatic N) is 2. The van der Waals surface area contributed by atoms with Crippen LogP contribution in [0.15, 0.2) is 10.8 Å². The standard InChI is InChI=1S/C19H26N2O3/c1-21(17-13-6-11-5-12(8-13)9-14(17)7-11)19(22)16-18(24-10-20-16)15-3-2-4-23-15/h10-15,17H,2-9H2,1H3/t11?,12?,13?,14?,15-,17?/m0/s1. The Morgan fingerprint density at radius 2 is 1.88 bits per heavy atom. The molecule has 1 saturated heterocycles. The molecule has 2 heterocycles. The molecule has 0 N–H and O–H groups in total. The van der Waals surface area contributed by atoms with Crippen LogP contribution in [0.1, 0.15) is 67.3 Å². The Kier molecular flexibility index (Phi) is 3.47. The fourth-order valence-electron chi connectivity index (χ4n) is 6.26. The fraction of sp³-hybridized carbons (Fsp3) is 0.789. The van der Waals surface area contributed by atoms with E-state index in [0.717, 1.165) is 31.3 Å². The zero-order valence-corrected chi connectivity index (χ0v) is 14.3. The maximum Gasteiger partial charge on any atom is 0.276 e. The molecule has 4 saturated carbocycles. The number of carbonyl (C=O) groups excluding carboxylic acids is 1. The van der Waals surface area contributed by atoms with Gasteiger partial charge in [-0.2, -0.15) is 0 Å². The lowest BCUT2D eigenvalue weighted by Crippen LogP contribution is -2.56. The Morgan fingerprint density at radius 1 is 1.17 bits per heavy atom. The van der Waals surface area contributed by atoms with E-state index in [1.54, 1.807) is 0 Å². The number of amides is 1. The summed E-state index contributed by atoms with van der Waals surface area (Å²) >= 11 is 0. The summed E-state index contributed by atoms with van der Waals surface area (Å²) in [6.07, 6.45) is 9.91. The second-order valence-electron chi connectivity index (χ2n) is 8.40. The van der Waals surface area contributed by atoms with Crippen molar-refractivity contribution in [2.75, 3.05) is 13.7 Å². The molecule has 0 aromatic carbocycles. The highest BCUT2D eigenvalue weighted by Gasteiger charge is 2.50. The highest BCUT2D eigenvalue weighted by atomic mass is 16.5. The van der Waals surface area contributed by atoms with Gasteiger partial charge >= 0.3 is 0 Å². The van der Waals surface area contributed by atoms with E-state index >= 15 is 0 Å². The molecule has 4 aliphatic carbocycles. The minimum absolute atomic E-state index is 0.0201. The quantitative estimate of drug-likeness (QED) is 0.852. The van der Waals surface area contributed by atoms with Crippen molar-refractivity contribution < 1.29 is 13.9 Å². The molecule has 1 atom stereocenters. The van der Waals surface area contributed by atoms with Gasteiger partial charge < -0.3 is 14.1 Å². The molecular weight excluding hydrogens is 304 g/mol. The molecule has 4 bridgehead atoms. The number of ether oxygens (including phenoxy) is 1. The van der Waals surface area contributed by atoms with Crippen LogP contribution in [0, 0.1) is 23.7 Å². The van der Waals surface area contributed by atoms with Crippen molar-refractivity contribution in [2.45, 2.75) is 57.1 Å². The smallest absolute Gasteiger partial charge is 0.276 e. The lowest BCUT2D eigenvalue weighted by atomic mass is 9.54. The van der Waals surface area contributed by atoms with Crippen molar-refractivity contribution in [1.82, 2.24) is 9.88 Å². The first-order chi connectivity index (χ1) is 11.7. The van der Waals surface area contributed by atoms with Crippen molar-refractivity contribution in [3.8, 4) is 0 Å². The molecule has 1 aromatic heterocycles. The molecule has 1 aliphatic heterocycles. The summed E-state index contributed by atoms with van der Waals surface area (Å²) in [5, 5.41) is 0. The molecule has 130 valence electrons. The van der Waals surface area contributed by atoms with Crippen molar-refractivity contribution in [2.24, 2.45) is 23.7 Å². The third-order valence-electron chi connectivity index (χ3n) is 6.96. The molecule has 0 unspecified atom stereocenters. The molecule has 5 heteroatoms. The van der Waals surface area contributed by atoms with Gasteiger partial charge in [0.05, 0.1) is 0 Å². The Morgan fingerprint density at radius 3 is 2.50 bits per heavy atom. The Hall–Kier alpha value is -1.36. The lowest BCUT2D eigenvalue weighted by molar-refractivity contribution is -0.0493. The molecule has 5 nitrogen and oxygen atoms in total.